The van der Waals surface area contributed by atoms with E-state index in [1.807, 2.05) is 60.5 Å². The van der Waals surface area contributed by atoms with Gasteiger partial charge in [-0.25, -0.2) is 0 Å². The number of aliphatic hydroxyl groups excluding tert-OH is 1. The highest BCUT2D eigenvalue weighted by Gasteiger charge is 2.43. The van der Waals surface area contributed by atoms with Crippen LogP contribution >= 0.6 is 0 Å². The molecule has 2 aromatic rings. The van der Waals surface area contributed by atoms with E-state index >= 15 is 0 Å². The van der Waals surface area contributed by atoms with Crippen molar-refractivity contribution in [3.63, 3.8) is 0 Å². The summed E-state index contributed by atoms with van der Waals surface area (Å²) in [5.74, 6) is -0.110. The Morgan fingerprint density at radius 1 is 1.15 bits per heavy atom. The molecule has 0 bridgehead atoms. The maximum absolute atomic E-state index is 12.7. The molecular weight excluding hydrogens is 328 g/mol. The van der Waals surface area contributed by atoms with E-state index in [2.05, 4.69) is 0 Å². The summed E-state index contributed by atoms with van der Waals surface area (Å²) in [7, 11) is 1.91. The SMILES string of the molecule is CN(Cc1ccccc1)C[C@@]1(O)CN(C(=O)c2ccccc2)CC[C@@H]1O. The van der Waals surface area contributed by atoms with Gasteiger partial charge in [-0.15, -0.1) is 0 Å². The van der Waals surface area contributed by atoms with Gasteiger partial charge in [0.1, 0.15) is 5.60 Å². The Labute approximate surface area is 154 Å². The lowest BCUT2D eigenvalue weighted by molar-refractivity contribution is -0.125. The Morgan fingerprint density at radius 3 is 2.42 bits per heavy atom. The van der Waals surface area contributed by atoms with Crippen molar-refractivity contribution < 1.29 is 15.0 Å². The van der Waals surface area contributed by atoms with Crippen molar-refractivity contribution >= 4 is 5.91 Å². The van der Waals surface area contributed by atoms with Gasteiger partial charge in [0, 0.05) is 25.2 Å². The first-order valence-electron chi connectivity index (χ1n) is 8.95. The molecular formula is C21H26N2O3. The van der Waals surface area contributed by atoms with Gasteiger partial charge in [0.05, 0.1) is 12.6 Å². The first kappa shape index (κ1) is 18.6. The van der Waals surface area contributed by atoms with Gasteiger partial charge >= 0.3 is 0 Å². The van der Waals surface area contributed by atoms with E-state index in [0.29, 0.717) is 31.6 Å². The molecule has 0 aliphatic carbocycles. The van der Waals surface area contributed by atoms with Crippen molar-refractivity contribution in [3.05, 3.63) is 71.8 Å². The van der Waals surface area contributed by atoms with E-state index in [-0.39, 0.29) is 12.5 Å². The number of hydrogen-bond acceptors (Lipinski definition) is 4. The van der Waals surface area contributed by atoms with Crippen molar-refractivity contribution in [1.29, 1.82) is 0 Å². The fourth-order valence-corrected chi connectivity index (χ4v) is 3.57. The summed E-state index contributed by atoms with van der Waals surface area (Å²) in [5.41, 5.74) is 0.400. The highest BCUT2D eigenvalue weighted by molar-refractivity contribution is 5.94. The number of benzene rings is 2. The Bertz CT molecular complexity index is 723. The minimum Gasteiger partial charge on any atom is -0.390 e. The number of rotatable bonds is 5. The van der Waals surface area contributed by atoms with Crippen molar-refractivity contribution in [2.24, 2.45) is 0 Å². The fourth-order valence-electron chi connectivity index (χ4n) is 3.57. The van der Waals surface area contributed by atoms with E-state index in [4.69, 9.17) is 0 Å². The summed E-state index contributed by atoms with van der Waals surface area (Å²) in [4.78, 5) is 16.3. The number of β-amino-alcohol motifs (C(OH)–C–C–N with tert-alkyl or cyclic N) is 1. The lowest BCUT2D eigenvalue weighted by Crippen LogP contribution is -2.62. The standard InChI is InChI=1S/C21H26N2O3/c1-22(14-17-8-4-2-5-9-17)15-21(26)16-23(13-12-19(21)24)20(25)18-10-6-3-7-11-18/h2-11,19,24,26H,12-16H2,1H3/t19-,21+/m0/s1. The van der Waals surface area contributed by atoms with Crippen LogP contribution in [0.25, 0.3) is 0 Å². The third kappa shape index (κ3) is 4.30. The molecule has 1 amide bonds. The second kappa shape index (κ2) is 7.99. The smallest absolute Gasteiger partial charge is 0.253 e. The highest BCUT2D eigenvalue weighted by Crippen LogP contribution is 2.25. The van der Waals surface area contributed by atoms with Crippen LogP contribution in [0.5, 0.6) is 0 Å². The van der Waals surface area contributed by atoms with Crippen LogP contribution in [0.2, 0.25) is 0 Å². The molecule has 0 spiro atoms. The van der Waals surface area contributed by atoms with Crippen molar-refractivity contribution in [2.45, 2.75) is 24.7 Å². The Morgan fingerprint density at radius 2 is 1.77 bits per heavy atom. The van der Waals surface area contributed by atoms with Gasteiger partial charge in [0.2, 0.25) is 0 Å². The van der Waals surface area contributed by atoms with Crippen LogP contribution in [0.1, 0.15) is 22.3 Å². The molecule has 138 valence electrons. The molecule has 2 N–H and O–H groups in total. The number of carbonyl (C=O) groups excluding carboxylic acids is 1. The van der Waals surface area contributed by atoms with Gasteiger partial charge in [-0.2, -0.15) is 0 Å². The molecule has 0 saturated carbocycles. The topological polar surface area (TPSA) is 64.0 Å². The number of likely N-dealkylation sites (tertiary alicyclic amines) is 1. The zero-order valence-electron chi connectivity index (χ0n) is 15.1. The maximum atomic E-state index is 12.7. The Hall–Kier alpha value is -2.21. The van der Waals surface area contributed by atoms with Gasteiger partial charge in [-0.05, 0) is 31.2 Å². The van der Waals surface area contributed by atoms with Crippen LogP contribution in [-0.4, -0.2) is 64.3 Å². The summed E-state index contributed by atoms with van der Waals surface area (Å²) in [6.07, 6.45) is -0.477. The third-order valence-electron chi connectivity index (χ3n) is 4.90. The van der Waals surface area contributed by atoms with E-state index in [1.165, 1.54) is 0 Å². The lowest BCUT2D eigenvalue weighted by atomic mass is 9.88. The second-order valence-corrected chi connectivity index (χ2v) is 7.16. The summed E-state index contributed by atoms with van der Waals surface area (Å²) >= 11 is 0. The van der Waals surface area contributed by atoms with Gasteiger partial charge in [-0.3, -0.25) is 9.69 Å². The number of piperidine rings is 1. The number of hydrogen-bond donors (Lipinski definition) is 2. The molecule has 1 aliphatic heterocycles. The molecule has 2 atom stereocenters. The zero-order valence-corrected chi connectivity index (χ0v) is 15.1. The van der Waals surface area contributed by atoms with Crippen LogP contribution in [0.3, 0.4) is 0 Å². The molecule has 1 fully saturated rings. The minimum atomic E-state index is -1.34. The molecule has 3 rings (SSSR count). The van der Waals surface area contributed by atoms with Gasteiger partial charge in [0.15, 0.2) is 0 Å². The van der Waals surface area contributed by atoms with Crippen LogP contribution in [0.15, 0.2) is 60.7 Å². The first-order valence-corrected chi connectivity index (χ1v) is 8.95. The van der Waals surface area contributed by atoms with Crippen LogP contribution in [0, 0.1) is 0 Å². The summed E-state index contributed by atoms with van der Waals surface area (Å²) in [6.45, 7) is 1.53. The number of aliphatic hydroxyl groups is 2. The summed E-state index contributed by atoms with van der Waals surface area (Å²) in [5, 5.41) is 21.5. The van der Waals surface area contributed by atoms with E-state index < -0.39 is 11.7 Å². The van der Waals surface area contributed by atoms with Gasteiger partial charge in [0.25, 0.3) is 5.91 Å². The van der Waals surface area contributed by atoms with Crippen LogP contribution < -0.4 is 0 Å². The summed E-state index contributed by atoms with van der Waals surface area (Å²) < 4.78 is 0. The highest BCUT2D eigenvalue weighted by atomic mass is 16.3. The maximum Gasteiger partial charge on any atom is 0.253 e. The molecule has 0 radical (unpaired) electrons. The molecule has 0 aromatic heterocycles. The molecule has 2 aromatic carbocycles. The number of nitrogens with zero attached hydrogens (tertiary/aromatic N) is 2. The van der Waals surface area contributed by atoms with Crippen molar-refractivity contribution in [3.8, 4) is 0 Å². The average molecular weight is 354 g/mol. The number of likely N-dealkylation sites (N-methyl/N-ethyl adjacent to an activating group) is 1. The lowest BCUT2D eigenvalue weighted by Gasteiger charge is -2.44. The van der Waals surface area contributed by atoms with E-state index in [9.17, 15) is 15.0 Å². The summed E-state index contributed by atoms with van der Waals surface area (Å²) in [6, 6.07) is 19.0. The normalized spacial score (nSPS) is 23.2. The predicted octanol–water partition coefficient (Wildman–Crippen LogP) is 1.76. The monoisotopic (exact) mass is 354 g/mol. The Kier molecular flexibility index (Phi) is 5.71. The second-order valence-electron chi connectivity index (χ2n) is 7.16. The zero-order chi connectivity index (χ0) is 18.6. The van der Waals surface area contributed by atoms with Gasteiger partial charge < -0.3 is 15.1 Å². The fraction of sp³-hybridized carbons (Fsp3) is 0.381. The van der Waals surface area contributed by atoms with Crippen LogP contribution in [0.4, 0.5) is 0 Å². The van der Waals surface area contributed by atoms with Crippen LogP contribution in [-0.2, 0) is 6.54 Å². The molecule has 1 heterocycles. The molecule has 5 heteroatoms. The quantitative estimate of drug-likeness (QED) is 0.859. The average Bonchev–Trinajstić information content (AvgIpc) is 2.65. The number of amides is 1. The minimum absolute atomic E-state index is 0.110. The van der Waals surface area contributed by atoms with E-state index in [0.717, 1.165) is 5.56 Å². The molecule has 1 saturated heterocycles. The van der Waals surface area contributed by atoms with Gasteiger partial charge in [-0.1, -0.05) is 48.5 Å². The molecule has 1 aliphatic rings. The molecule has 26 heavy (non-hydrogen) atoms. The van der Waals surface area contributed by atoms with Crippen molar-refractivity contribution in [2.75, 3.05) is 26.7 Å². The first-order chi connectivity index (χ1) is 12.5. The Balaban J connectivity index is 1.67. The number of carbonyl (C=O) groups is 1. The van der Waals surface area contributed by atoms with E-state index in [1.54, 1.807) is 17.0 Å². The third-order valence-corrected chi connectivity index (χ3v) is 4.90. The molecule has 5 nitrogen and oxygen atoms in total. The largest absolute Gasteiger partial charge is 0.390 e. The molecule has 0 unspecified atom stereocenters. The predicted molar refractivity (Wildman–Crippen MR) is 101 cm³/mol. The van der Waals surface area contributed by atoms with Crippen molar-refractivity contribution in [1.82, 2.24) is 9.80 Å².